The van der Waals surface area contributed by atoms with Crippen LogP contribution < -0.4 is 10.3 Å². The molecule has 0 spiro atoms. The van der Waals surface area contributed by atoms with Gasteiger partial charge in [0.1, 0.15) is 24.0 Å². The second-order valence-corrected chi connectivity index (χ2v) is 5.34. The Morgan fingerprint density at radius 3 is 2.52 bits per heavy atom. The van der Waals surface area contributed by atoms with Crippen LogP contribution in [0.25, 0.3) is 11.3 Å². The van der Waals surface area contributed by atoms with Crippen molar-refractivity contribution in [3.05, 3.63) is 87.7 Å². The summed E-state index contributed by atoms with van der Waals surface area (Å²) in [5, 5.41) is 9.00. The summed E-state index contributed by atoms with van der Waals surface area (Å²) in [6, 6.07) is 20.1. The number of carbonyl (C=O) groups is 1. The molecule has 3 rings (SSSR count). The highest BCUT2D eigenvalue weighted by atomic mass is 16.5. The average molecular weight is 330 g/mol. The van der Waals surface area contributed by atoms with Crippen LogP contribution >= 0.6 is 0 Å². The highest BCUT2D eigenvalue weighted by Crippen LogP contribution is 2.29. The van der Waals surface area contributed by atoms with Gasteiger partial charge in [-0.1, -0.05) is 42.5 Å². The van der Waals surface area contributed by atoms with E-state index in [9.17, 15) is 9.59 Å². The number of ether oxygens (including phenoxy) is 1. The van der Waals surface area contributed by atoms with Gasteiger partial charge in [-0.2, -0.15) is 5.26 Å². The van der Waals surface area contributed by atoms with Gasteiger partial charge in [-0.05, 0) is 23.8 Å². The van der Waals surface area contributed by atoms with Crippen molar-refractivity contribution in [1.29, 1.82) is 5.26 Å². The monoisotopic (exact) mass is 330 g/mol. The first kappa shape index (κ1) is 16.2. The molecule has 1 heterocycles. The van der Waals surface area contributed by atoms with E-state index in [2.05, 4.69) is 4.98 Å². The molecule has 3 aromatic rings. The summed E-state index contributed by atoms with van der Waals surface area (Å²) in [7, 11) is 0. The van der Waals surface area contributed by atoms with Crippen molar-refractivity contribution >= 4 is 6.29 Å². The molecular formula is C20H14N2O3. The van der Waals surface area contributed by atoms with Gasteiger partial charge in [-0.25, -0.2) is 0 Å². The van der Waals surface area contributed by atoms with E-state index in [0.29, 0.717) is 29.9 Å². The fourth-order valence-corrected chi connectivity index (χ4v) is 2.48. The third-order valence-corrected chi connectivity index (χ3v) is 3.72. The van der Waals surface area contributed by atoms with E-state index in [0.717, 1.165) is 5.56 Å². The smallest absolute Gasteiger partial charge is 0.267 e. The number of rotatable bonds is 5. The van der Waals surface area contributed by atoms with E-state index in [1.807, 2.05) is 42.5 Å². The number of carbonyl (C=O) groups excluding carboxylic acids is 1. The molecule has 0 bridgehead atoms. The molecule has 5 heteroatoms. The maximum Gasteiger partial charge on any atom is 0.267 e. The summed E-state index contributed by atoms with van der Waals surface area (Å²) in [6.07, 6.45) is 0.505. The van der Waals surface area contributed by atoms with Crippen LogP contribution in [-0.2, 0) is 6.61 Å². The van der Waals surface area contributed by atoms with Crippen LogP contribution in [0, 0.1) is 11.3 Å². The Kier molecular flexibility index (Phi) is 4.72. The molecule has 0 atom stereocenters. The van der Waals surface area contributed by atoms with Crippen LogP contribution in [0.4, 0.5) is 0 Å². The number of H-pyrrole nitrogens is 1. The van der Waals surface area contributed by atoms with E-state index in [4.69, 9.17) is 10.00 Å². The van der Waals surface area contributed by atoms with Crippen molar-refractivity contribution in [3.8, 4) is 23.1 Å². The van der Waals surface area contributed by atoms with E-state index in [1.165, 1.54) is 6.07 Å². The van der Waals surface area contributed by atoms with Crippen LogP contribution in [0.3, 0.4) is 0 Å². The van der Waals surface area contributed by atoms with Gasteiger partial charge >= 0.3 is 0 Å². The Hall–Kier alpha value is -3.65. The zero-order valence-electron chi connectivity index (χ0n) is 13.2. The molecule has 5 nitrogen and oxygen atoms in total. The molecule has 0 fully saturated rings. The zero-order valence-corrected chi connectivity index (χ0v) is 13.2. The van der Waals surface area contributed by atoms with E-state index < -0.39 is 5.56 Å². The largest absolute Gasteiger partial charge is 0.488 e. The summed E-state index contributed by atoms with van der Waals surface area (Å²) in [5.41, 5.74) is 1.34. The summed E-state index contributed by atoms with van der Waals surface area (Å²) < 4.78 is 5.87. The first-order valence-electron chi connectivity index (χ1n) is 7.61. The normalized spacial score (nSPS) is 10.0. The summed E-state index contributed by atoms with van der Waals surface area (Å²) in [5.74, 6) is 0.573. The molecule has 0 aliphatic carbocycles. The maximum atomic E-state index is 12.0. The number of pyridine rings is 1. The molecule has 2 aromatic carbocycles. The first-order valence-corrected chi connectivity index (χ1v) is 7.61. The number of para-hydroxylation sites is 1. The third-order valence-electron chi connectivity index (χ3n) is 3.72. The van der Waals surface area contributed by atoms with Gasteiger partial charge in [0.2, 0.25) is 0 Å². The Bertz CT molecular complexity index is 1000. The van der Waals surface area contributed by atoms with Crippen LogP contribution in [-0.4, -0.2) is 11.3 Å². The van der Waals surface area contributed by atoms with Crippen molar-refractivity contribution in [3.63, 3.8) is 0 Å². The molecule has 0 amide bonds. The lowest BCUT2D eigenvalue weighted by Crippen LogP contribution is -2.14. The molecule has 0 saturated heterocycles. The fraction of sp³-hybridized carbons (Fsp3) is 0.0500. The molecule has 0 aliphatic heterocycles. The van der Waals surface area contributed by atoms with Gasteiger partial charge in [-0.15, -0.1) is 0 Å². The van der Waals surface area contributed by atoms with E-state index in [-0.39, 0.29) is 11.1 Å². The number of hydrogen-bond donors (Lipinski definition) is 1. The van der Waals surface area contributed by atoms with Gasteiger partial charge in [0, 0.05) is 11.1 Å². The van der Waals surface area contributed by atoms with Crippen LogP contribution in [0.2, 0.25) is 0 Å². The SMILES string of the molecule is N#Cc1c(C=O)cc(-c2ccccc2OCc2ccccc2)[nH]c1=O. The van der Waals surface area contributed by atoms with Crippen LogP contribution in [0.5, 0.6) is 5.75 Å². The Labute approximate surface area is 144 Å². The molecule has 1 aromatic heterocycles. The standard InChI is InChI=1S/C20H14N2O3/c21-11-17-15(12-23)10-18(22-20(17)24)16-8-4-5-9-19(16)25-13-14-6-2-1-3-7-14/h1-10,12H,13H2,(H,22,24). The van der Waals surface area contributed by atoms with Gasteiger partial charge in [0.15, 0.2) is 6.29 Å². The molecule has 0 radical (unpaired) electrons. The number of nitrogens with one attached hydrogen (secondary N) is 1. The molecule has 0 saturated carbocycles. The third kappa shape index (κ3) is 3.48. The lowest BCUT2D eigenvalue weighted by molar-refractivity contribution is 0.112. The fourth-order valence-electron chi connectivity index (χ4n) is 2.48. The first-order chi connectivity index (χ1) is 12.2. The number of aromatic amines is 1. The predicted molar refractivity (Wildman–Crippen MR) is 93.4 cm³/mol. The molecular weight excluding hydrogens is 316 g/mol. The topological polar surface area (TPSA) is 82.9 Å². The number of benzene rings is 2. The van der Waals surface area contributed by atoms with Crippen molar-refractivity contribution in [2.24, 2.45) is 0 Å². The molecule has 0 unspecified atom stereocenters. The second-order valence-electron chi connectivity index (χ2n) is 5.34. The predicted octanol–water partition coefficient (Wildman–Crippen LogP) is 3.31. The lowest BCUT2D eigenvalue weighted by atomic mass is 10.1. The quantitative estimate of drug-likeness (QED) is 0.728. The highest BCUT2D eigenvalue weighted by molar-refractivity contribution is 5.82. The summed E-state index contributed by atoms with van der Waals surface area (Å²) >= 11 is 0. The summed E-state index contributed by atoms with van der Waals surface area (Å²) in [6.45, 7) is 0.374. The number of nitriles is 1. The zero-order chi connectivity index (χ0) is 17.6. The van der Waals surface area contributed by atoms with E-state index >= 15 is 0 Å². The van der Waals surface area contributed by atoms with Gasteiger partial charge in [0.05, 0.1) is 5.69 Å². The van der Waals surface area contributed by atoms with Gasteiger partial charge in [0.25, 0.3) is 5.56 Å². The van der Waals surface area contributed by atoms with Crippen molar-refractivity contribution in [2.45, 2.75) is 6.61 Å². The maximum absolute atomic E-state index is 12.0. The Morgan fingerprint density at radius 1 is 1.08 bits per heavy atom. The number of nitrogens with zero attached hydrogens (tertiary/aromatic N) is 1. The minimum Gasteiger partial charge on any atom is -0.488 e. The van der Waals surface area contributed by atoms with Gasteiger partial charge < -0.3 is 9.72 Å². The minimum absolute atomic E-state index is 0.0547. The second kappa shape index (κ2) is 7.28. The molecule has 25 heavy (non-hydrogen) atoms. The van der Waals surface area contributed by atoms with E-state index in [1.54, 1.807) is 18.2 Å². The Morgan fingerprint density at radius 2 is 1.80 bits per heavy atom. The van der Waals surface area contributed by atoms with Crippen molar-refractivity contribution < 1.29 is 9.53 Å². The molecule has 0 aliphatic rings. The minimum atomic E-state index is -0.597. The number of hydrogen-bond acceptors (Lipinski definition) is 4. The number of aromatic nitrogens is 1. The van der Waals surface area contributed by atoms with Crippen molar-refractivity contribution in [2.75, 3.05) is 0 Å². The van der Waals surface area contributed by atoms with Crippen LogP contribution in [0.1, 0.15) is 21.5 Å². The summed E-state index contributed by atoms with van der Waals surface area (Å²) in [4.78, 5) is 25.9. The highest BCUT2D eigenvalue weighted by Gasteiger charge is 2.13. The molecule has 1 N–H and O–H groups in total. The number of aldehydes is 1. The van der Waals surface area contributed by atoms with Crippen LogP contribution in [0.15, 0.2) is 65.5 Å². The lowest BCUT2D eigenvalue weighted by Gasteiger charge is -2.12. The van der Waals surface area contributed by atoms with Crippen molar-refractivity contribution in [1.82, 2.24) is 4.98 Å². The average Bonchev–Trinajstić information content (AvgIpc) is 2.66. The molecule has 122 valence electrons. The van der Waals surface area contributed by atoms with Gasteiger partial charge in [-0.3, -0.25) is 9.59 Å². The Balaban J connectivity index is 1.99.